The van der Waals surface area contributed by atoms with E-state index in [1.165, 1.54) is 11.3 Å². The van der Waals surface area contributed by atoms with Crippen molar-refractivity contribution < 1.29 is 8.42 Å². The Hall–Kier alpha value is -0.470. The summed E-state index contributed by atoms with van der Waals surface area (Å²) in [7, 11) is 0.559. The van der Waals surface area contributed by atoms with Crippen LogP contribution in [-0.2, 0) is 16.6 Å². The van der Waals surface area contributed by atoms with Crippen molar-refractivity contribution in [1.82, 2.24) is 14.5 Å². The quantitative estimate of drug-likeness (QED) is 0.890. The Bertz CT molecular complexity index is 556. The van der Waals surface area contributed by atoms with Gasteiger partial charge in [-0.05, 0) is 50.5 Å². The van der Waals surface area contributed by atoms with Gasteiger partial charge < -0.3 is 10.2 Å². The Kier molecular flexibility index (Phi) is 5.79. The number of hydrogen-bond donors (Lipinski definition) is 1. The van der Waals surface area contributed by atoms with Crippen molar-refractivity contribution in [2.75, 3.05) is 33.7 Å². The number of thiophene rings is 1. The summed E-state index contributed by atoms with van der Waals surface area (Å²) in [6.45, 7) is 5.14. The highest BCUT2D eigenvalue weighted by Gasteiger charge is 2.33. The smallest absolute Gasteiger partial charge is 0.252 e. The Morgan fingerprint density at radius 3 is 2.86 bits per heavy atom. The van der Waals surface area contributed by atoms with Crippen LogP contribution in [0.5, 0.6) is 0 Å². The van der Waals surface area contributed by atoms with Gasteiger partial charge >= 0.3 is 0 Å². The van der Waals surface area contributed by atoms with E-state index in [4.69, 9.17) is 0 Å². The Morgan fingerprint density at radius 2 is 2.19 bits per heavy atom. The van der Waals surface area contributed by atoms with E-state index in [0.29, 0.717) is 17.3 Å². The molecule has 2 rings (SSSR count). The third-order valence-electron chi connectivity index (χ3n) is 3.89. The SMILES string of the molecule is CCC1CN(C)CCCN1S(=O)(=O)c1cc(CNC)cs1. The molecular weight excluding hydrogens is 306 g/mol. The molecule has 1 aromatic heterocycles. The van der Waals surface area contributed by atoms with Crippen LogP contribution in [0, 0.1) is 0 Å². The molecule has 1 fully saturated rings. The molecule has 0 spiro atoms. The van der Waals surface area contributed by atoms with E-state index in [1.807, 2.05) is 12.4 Å². The summed E-state index contributed by atoms with van der Waals surface area (Å²) in [5.41, 5.74) is 1.03. The molecule has 0 amide bonds. The lowest BCUT2D eigenvalue weighted by molar-refractivity contribution is 0.270. The van der Waals surface area contributed by atoms with Crippen LogP contribution in [-0.4, -0.2) is 57.4 Å². The van der Waals surface area contributed by atoms with Crippen molar-refractivity contribution in [3.63, 3.8) is 0 Å². The first-order valence-corrected chi connectivity index (χ1v) is 9.73. The van der Waals surface area contributed by atoms with E-state index in [9.17, 15) is 8.42 Å². The maximum absolute atomic E-state index is 12.9. The van der Waals surface area contributed by atoms with Crippen LogP contribution in [0.25, 0.3) is 0 Å². The fourth-order valence-corrected chi connectivity index (χ4v) is 5.84. The van der Waals surface area contributed by atoms with Gasteiger partial charge in [-0.2, -0.15) is 4.31 Å². The van der Waals surface area contributed by atoms with E-state index >= 15 is 0 Å². The average Bonchev–Trinajstić information content (AvgIpc) is 2.82. The molecule has 21 heavy (non-hydrogen) atoms. The first-order valence-electron chi connectivity index (χ1n) is 7.41. The predicted octanol–water partition coefficient (Wildman–Crippen LogP) is 1.57. The van der Waals surface area contributed by atoms with Gasteiger partial charge in [0, 0.05) is 25.7 Å². The van der Waals surface area contributed by atoms with Gasteiger partial charge in [0.2, 0.25) is 0 Å². The van der Waals surface area contributed by atoms with E-state index in [1.54, 1.807) is 10.4 Å². The van der Waals surface area contributed by atoms with Gasteiger partial charge in [-0.15, -0.1) is 11.3 Å². The Balaban J connectivity index is 2.27. The van der Waals surface area contributed by atoms with Gasteiger partial charge in [0.05, 0.1) is 0 Å². The zero-order valence-corrected chi connectivity index (χ0v) is 14.6. The number of hydrogen-bond acceptors (Lipinski definition) is 5. The molecule has 1 N–H and O–H groups in total. The summed E-state index contributed by atoms with van der Waals surface area (Å²) in [4.78, 5) is 2.23. The van der Waals surface area contributed by atoms with Crippen molar-refractivity contribution >= 4 is 21.4 Å². The van der Waals surface area contributed by atoms with E-state index in [-0.39, 0.29) is 6.04 Å². The molecule has 120 valence electrons. The summed E-state index contributed by atoms with van der Waals surface area (Å²) in [5.74, 6) is 0. The van der Waals surface area contributed by atoms with Crippen LogP contribution in [0.15, 0.2) is 15.7 Å². The molecule has 2 heterocycles. The topological polar surface area (TPSA) is 52.7 Å². The second kappa shape index (κ2) is 7.19. The molecule has 5 nitrogen and oxygen atoms in total. The van der Waals surface area contributed by atoms with Gasteiger partial charge in [-0.25, -0.2) is 8.42 Å². The average molecular weight is 332 g/mol. The van der Waals surface area contributed by atoms with Gasteiger partial charge in [0.15, 0.2) is 0 Å². The largest absolute Gasteiger partial charge is 0.316 e. The summed E-state index contributed by atoms with van der Waals surface area (Å²) in [6, 6.07) is 1.87. The lowest BCUT2D eigenvalue weighted by atomic mass is 10.2. The summed E-state index contributed by atoms with van der Waals surface area (Å²) < 4.78 is 28.0. The molecule has 0 bridgehead atoms. The number of likely N-dealkylation sites (N-methyl/N-ethyl adjacent to an activating group) is 1. The molecular formula is C14H25N3O2S2. The van der Waals surface area contributed by atoms with Gasteiger partial charge in [0.1, 0.15) is 4.21 Å². The number of rotatable bonds is 5. The van der Waals surface area contributed by atoms with Crippen LogP contribution in [0.4, 0.5) is 0 Å². The third kappa shape index (κ3) is 3.84. The highest BCUT2D eigenvalue weighted by Crippen LogP contribution is 2.27. The fraction of sp³-hybridized carbons (Fsp3) is 0.714. The molecule has 1 saturated heterocycles. The van der Waals surface area contributed by atoms with E-state index in [0.717, 1.165) is 31.5 Å². The molecule has 0 aromatic carbocycles. The summed E-state index contributed by atoms with van der Waals surface area (Å²) >= 11 is 1.33. The maximum Gasteiger partial charge on any atom is 0.252 e. The van der Waals surface area contributed by atoms with Gasteiger partial charge in [-0.1, -0.05) is 6.92 Å². The minimum atomic E-state index is -3.37. The number of nitrogens with one attached hydrogen (secondary N) is 1. The highest BCUT2D eigenvalue weighted by molar-refractivity contribution is 7.91. The second-order valence-corrected chi connectivity index (χ2v) is 8.63. The summed E-state index contributed by atoms with van der Waals surface area (Å²) in [5, 5.41) is 4.98. The van der Waals surface area contributed by atoms with Crippen molar-refractivity contribution in [2.45, 2.75) is 36.6 Å². The van der Waals surface area contributed by atoms with Crippen LogP contribution in [0.3, 0.4) is 0 Å². The minimum absolute atomic E-state index is 0.0670. The monoisotopic (exact) mass is 331 g/mol. The van der Waals surface area contributed by atoms with E-state index < -0.39 is 10.0 Å². The van der Waals surface area contributed by atoms with Crippen molar-refractivity contribution in [3.05, 3.63) is 17.0 Å². The first kappa shape index (κ1) is 16.9. The molecule has 0 aliphatic carbocycles. The molecule has 1 aliphatic heterocycles. The van der Waals surface area contributed by atoms with Crippen molar-refractivity contribution in [3.8, 4) is 0 Å². The Morgan fingerprint density at radius 1 is 1.43 bits per heavy atom. The zero-order valence-electron chi connectivity index (χ0n) is 13.0. The molecule has 1 aliphatic rings. The molecule has 1 atom stereocenters. The third-order valence-corrected chi connectivity index (χ3v) is 7.31. The molecule has 0 saturated carbocycles. The lowest BCUT2D eigenvalue weighted by Crippen LogP contribution is -2.43. The zero-order chi connectivity index (χ0) is 15.5. The number of nitrogens with zero attached hydrogens (tertiary/aromatic N) is 2. The molecule has 7 heteroatoms. The van der Waals surface area contributed by atoms with E-state index in [2.05, 4.69) is 24.2 Å². The fourth-order valence-electron chi connectivity index (χ4n) is 2.77. The summed E-state index contributed by atoms with van der Waals surface area (Å²) in [6.07, 6.45) is 1.74. The van der Waals surface area contributed by atoms with Crippen molar-refractivity contribution in [1.29, 1.82) is 0 Å². The molecule has 1 aromatic rings. The van der Waals surface area contributed by atoms with Crippen LogP contribution in [0.2, 0.25) is 0 Å². The Labute approximate surface area is 132 Å². The lowest BCUT2D eigenvalue weighted by Gasteiger charge is -2.28. The van der Waals surface area contributed by atoms with Gasteiger partial charge in [-0.3, -0.25) is 0 Å². The molecule has 0 radical (unpaired) electrons. The van der Waals surface area contributed by atoms with Crippen LogP contribution < -0.4 is 5.32 Å². The normalized spacial score (nSPS) is 22.3. The first-order chi connectivity index (χ1) is 9.98. The maximum atomic E-state index is 12.9. The number of sulfonamides is 1. The van der Waals surface area contributed by atoms with Crippen LogP contribution >= 0.6 is 11.3 Å². The van der Waals surface area contributed by atoms with Crippen LogP contribution in [0.1, 0.15) is 25.3 Å². The van der Waals surface area contributed by atoms with Crippen molar-refractivity contribution in [2.24, 2.45) is 0 Å². The highest BCUT2D eigenvalue weighted by atomic mass is 32.2. The predicted molar refractivity (Wildman–Crippen MR) is 87.2 cm³/mol. The second-order valence-electron chi connectivity index (χ2n) is 5.60. The minimum Gasteiger partial charge on any atom is -0.316 e. The standard InChI is InChI=1S/C14H25N3O2S2/c1-4-13-10-16(3)6-5-7-17(13)21(18,19)14-8-12(9-15-2)11-20-14/h8,11,13,15H,4-7,9-10H2,1-3H3. The van der Waals surface area contributed by atoms with Gasteiger partial charge in [0.25, 0.3) is 10.0 Å². The molecule has 1 unspecified atom stereocenters.